The van der Waals surface area contributed by atoms with Crippen molar-refractivity contribution in [3.05, 3.63) is 53.6 Å². The van der Waals surface area contributed by atoms with E-state index in [4.69, 9.17) is 16.3 Å². The predicted molar refractivity (Wildman–Crippen MR) is 139 cm³/mol. The maximum Gasteiger partial charge on any atom is 0.243 e. The van der Waals surface area contributed by atoms with Crippen LogP contribution in [0.5, 0.6) is 5.75 Å². The van der Waals surface area contributed by atoms with Crippen LogP contribution >= 0.6 is 11.6 Å². The van der Waals surface area contributed by atoms with E-state index in [1.54, 1.807) is 29.2 Å². The van der Waals surface area contributed by atoms with Crippen molar-refractivity contribution in [2.24, 2.45) is 0 Å². The van der Waals surface area contributed by atoms with Crippen molar-refractivity contribution >= 4 is 40.7 Å². The topological polar surface area (TPSA) is 94.2 Å². The van der Waals surface area contributed by atoms with Gasteiger partial charge in [0.1, 0.15) is 11.8 Å². The van der Waals surface area contributed by atoms with E-state index in [1.165, 1.54) is 0 Å². The van der Waals surface area contributed by atoms with Crippen LogP contribution in [-0.4, -0.2) is 86.0 Å². The Kier molecular flexibility index (Phi) is 8.66. The summed E-state index contributed by atoms with van der Waals surface area (Å²) in [7, 11) is 0. The Morgan fingerprint density at radius 3 is 2.39 bits per heavy atom. The van der Waals surface area contributed by atoms with Gasteiger partial charge in [-0.1, -0.05) is 11.6 Å². The van der Waals surface area contributed by atoms with Crippen molar-refractivity contribution < 1.29 is 19.1 Å². The first-order valence-electron chi connectivity index (χ1n) is 12.3. The summed E-state index contributed by atoms with van der Waals surface area (Å²) in [5, 5.41) is 6.29. The second-order valence-corrected chi connectivity index (χ2v) is 9.28. The molecular weight excluding hydrogens is 482 g/mol. The number of carbonyl (C=O) groups is 3. The number of carbonyl (C=O) groups excluding carboxylic acids is 3. The molecule has 0 aliphatic carbocycles. The minimum absolute atomic E-state index is 0.102. The van der Waals surface area contributed by atoms with Crippen molar-refractivity contribution in [1.29, 1.82) is 0 Å². The highest BCUT2D eigenvalue weighted by Gasteiger charge is 2.35. The molecule has 0 spiro atoms. The van der Waals surface area contributed by atoms with Crippen LogP contribution in [-0.2, 0) is 14.4 Å². The lowest BCUT2D eigenvalue weighted by molar-refractivity contribution is -0.145. The number of nitrogens with one attached hydrogen (secondary N) is 2. The summed E-state index contributed by atoms with van der Waals surface area (Å²) >= 11 is 5.99. The number of nitrogens with zero attached hydrogens (tertiary/aromatic N) is 3. The Bertz CT molecular complexity index is 1060. The van der Waals surface area contributed by atoms with Gasteiger partial charge in [-0.25, -0.2) is 0 Å². The molecule has 9 nitrogen and oxygen atoms in total. The zero-order chi connectivity index (χ0) is 25.5. The SMILES string of the molecule is CCOc1ccc(NC(=O)C[C@@H]2C(=O)NCCN2C(=O)CN2CCN(c3ccc(Cl)cc3)CC2)cc1. The predicted octanol–water partition coefficient (Wildman–Crippen LogP) is 2.22. The minimum atomic E-state index is -0.829. The molecule has 2 aromatic carbocycles. The molecule has 2 aliphatic rings. The number of anilines is 2. The van der Waals surface area contributed by atoms with E-state index in [1.807, 2.05) is 31.2 Å². The number of benzene rings is 2. The van der Waals surface area contributed by atoms with Gasteiger partial charge in [-0.05, 0) is 55.5 Å². The minimum Gasteiger partial charge on any atom is -0.494 e. The Labute approximate surface area is 216 Å². The number of piperazine rings is 2. The fraction of sp³-hybridized carbons (Fsp3) is 0.423. The number of hydrogen-bond donors (Lipinski definition) is 2. The largest absolute Gasteiger partial charge is 0.494 e. The maximum absolute atomic E-state index is 13.2. The van der Waals surface area contributed by atoms with Gasteiger partial charge in [0.05, 0.1) is 19.6 Å². The van der Waals surface area contributed by atoms with Gasteiger partial charge in [-0.2, -0.15) is 0 Å². The van der Waals surface area contributed by atoms with Crippen molar-refractivity contribution in [2.75, 3.05) is 62.6 Å². The summed E-state index contributed by atoms with van der Waals surface area (Å²) in [5.74, 6) is -0.0452. The van der Waals surface area contributed by atoms with Crippen molar-refractivity contribution in [2.45, 2.75) is 19.4 Å². The van der Waals surface area contributed by atoms with Crippen LogP contribution in [0.25, 0.3) is 0 Å². The van der Waals surface area contributed by atoms with E-state index >= 15 is 0 Å². The molecule has 10 heteroatoms. The highest BCUT2D eigenvalue weighted by molar-refractivity contribution is 6.30. The summed E-state index contributed by atoms with van der Waals surface area (Å²) in [5.41, 5.74) is 1.72. The van der Waals surface area contributed by atoms with Crippen molar-refractivity contribution in [3.63, 3.8) is 0 Å². The van der Waals surface area contributed by atoms with E-state index in [-0.39, 0.29) is 30.7 Å². The van der Waals surface area contributed by atoms with Gasteiger partial charge in [0, 0.05) is 55.7 Å². The molecule has 0 bridgehead atoms. The monoisotopic (exact) mass is 513 g/mol. The first-order chi connectivity index (χ1) is 17.4. The standard InChI is InChI=1S/C26H32ClN5O4/c1-2-36-22-9-5-20(6-10-22)29-24(33)17-23-26(35)28-11-12-32(23)25(34)18-30-13-15-31(16-14-30)21-7-3-19(27)4-8-21/h3-10,23H,2,11-18H2,1H3,(H,28,35)(H,29,33)/t23-/m1/s1. The van der Waals surface area contributed by atoms with E-state index in [9.17, 15) is 14.4 Å². The van der Waals surface area contributed by atoms with Crippen molar-refractivity contribution in [1.82, 2.24) is 15.1 Å². The third kappa shape index (κ3) is 6.67. The summed E-state index contributed by atoms with van der Waals surface area (Å²) < 4.78 is 5.42. The lowest BCUT2D eigenvalue weighted by Gasteiger charge is -2.39. The fourth-order valence-corrected chi connectivity index (χ4v) is 4.63. The van der Waals surface area contributed by atoms with Gasteiger partial charge in [-0.15, -0.1) is 0 Å². The zero-order valence-corrected chi connectivity index (χ0v) is 21.2. The Hall–Kier alpha value is -3.30. The highest BCUT2D eigenvalue weighted by atomic mass is 35.5. The zero-order valence-electron chi connectivity index (χ0n) is 20.4. The molecule has 2 N–H and O–H groups in total. The molecule has 2 fully saturated rings. The molecule has 0 saturated carbocycles. The number of ether oxygens (including phenoxy) is 1. The second-order valence-electron chi connectivity index (χ2n) is 8.84. The lowest BCUT2D eigenvalue weighted by atomic mass is 10.1. The molecule has 2 saturated heterocycles. The molecule has 36 heavy (non-hydrogen) atoms. The first kappa shape index (κ1) is 25.8. The van der Waals surface area contributed by atoms with Gasteiger partial charge in [-0.3, -0.25) is 19.3 Å². The van der Waals surface area contributed by atoms with Crippen LogP contribution in [0.1, 0.15) is 13.3 Å². The average molecular weight is 514 g/mol. The van der Waals surface area contributed by atoms with E-state index in [0.29, 0.717) is 36.2 Å². The molecular formula is C26H32ClN5O4. The summed E-state index contributed by atoms with van der Waals surface area (Å²) in [6.07, 6.45) is -0.102. The maximum atomic E-state index is 13.2. The number of hydrogen-bond acceptors (Lipinski definition) is 6. The molecule has 2 aromatic rings. The third-order valence-electron chi connectivity index (χ3n) is 6.40. The van der Waals surface area contributed by atoms with E-state index in [2.05, 4.69) is 20.4 Å². The van der Waals surface area contributed by atoms with Gasteiger partial charge < -0.3 is 25.2 Å². The van der Waals surface area contributed by atoms with Crippen LogP contribution in [0.4, 0.5) is 11.4 Å². The second kappa shape index (κ2) is 12.1. The molecule has 0 radical (unpaired) electrons. The smallest absolute Gasteiger partial charge is 0.243 e. The van der Waals surface area contributed by atoms with E-state index in [0.717, 1.165) is 31.9 Å². The Morgan fingerprint density at radius 2 is 1.72 bits per heavy atom. The molecule has 2 aliphatic heterocycles. The normalized spacial score (nSPS) is 18.5. The summed E-state index contributed by atoms with van der Waals surface area (Å²) in [6.45, 7) is 6.51. The van der Waals surface area contributed by atoms with Crippen LogP contribution < -0.4 is 20.3 Å². The van der Waals surface area contributed by atoms with Crippen LogP contribution in [0.3, 0.4) is 0 Å². The number of halogens is 1. The Balaban J connectivity index is 1.30. The quantitative estimate of drug-likeness (QED) is 0.562. The van der Waals surface area contributed by atoms with Crippen LogP contribution in [0.15, 0.2) is 48.5 Å². The van der Waals surface area contributed by atoms with Gasteiger partial charge in [0.25, 0.3) is 0 Å². The van der Waals surface area contributed by atoms with Crippen molar-refractivity contribution in [3.8, 4) is 5.75 Å². The molecule has 0 unspecified atom stereocenters. The average Bonchev–Trinajstić information content (AvgIpc) is 2.87. The lowest BCUT2D eigenvalue weighted by Crippen LogP contribution is -2.60. The van der Waals surface area contributed by atoms with Gasteiger partial charge in [0.15, 0.2) is 0 Å². The first-order valence-corrected chi connectivity index (χ1v) is 12.6. The van der Waals surface area contributed by atoms with Gasteiger partial charge >= 0.3 is 0 Å². The third-order valence-corrected chi connectivity index (χ3v) is 6.65. The number of amides is 3. The Morgan fingerprint density at radius 1 is 1.03 bits per heavy atom. The van der Waals surface area contributed by atoms with Crippen LogP contribution in [0, 0.1) is 0 Å². The summed E-state index contributed by atoms with van der Waals surface area (Å²) in [6, 6.07) is 14.0. The van der Waals surface area contributed by atoms with E-state index < -0.39 is 6.04 Å². The van der Waals surface area contributed by atoms with Crippen LogP contribution in [0.2, 0.25) is 5.02 Å². The molecule has 192 valence electrons. The number of rotatable bonds is 8. The highest BCUT2D eigenvalue weighted by Crippen LogP contribution is 2.20. The molecule has 4 rings (SSSR count). The molecule has 2 heterocycles. The fourth-order valence-electron chi connectivity index (χ4n) is 4.50. The molecule has 0 aromatic heterocycles. The molecule has 1 atom stereocenters. The molecule has 3 amide bonds. The van der Waals surface area contributed by atoms with Gasteiger partial charge in [0.2, 0.25) is 17.7 Å². The summed E-state index contributed by atoms with van der Waals surface area (Å²) in [4.78, 5) is 44.4.